The third kappa shape index (κ3) is 3.65. The maximum atomic E-state index is 10.4. The van der Waals surface area contributed by atoms with E-state index in [4.69, 9.17) is 5.73 Å². The SMILES string of the molecule is NC1(CCC=O)CCN(Cc2ccccc2)CC1. The maximum Gasteiger partial charge on any atom is 0.120 e. The zero-order chi connectivity index (χ0) is 12.8. The molecule has 1 aliphatic rings. The summed E-state index contributed by atoms with van der Waals surface area (Å²) in [5.74, 6) is 0. The van der Waals surface area contributed by atoms with Crippen LogP contribution in [0.1, 0.15) is 31.2 Å². The van der Waals surface area contributed by atoms with Gasteiger partial charge in [0.15, 0.2) is 0 Å². The number of aldehydes is 1. The Kier molecular flexibility index (Phi) is 4.50. The summed E-state index contributed by atoms with van der Waals surface area (Å²) in [4.78, 5) is 12.9. The quantitative estimate of drug-likeness (QED) is 0.808. The predicted molar refractivity (Wildman–Crippen MR) is 73.2 cm³/mol. The number of carbonyl (C=O) groups is 1. The first kappa shape index (κ1) is 13.2. The molecule has 1 fully saturated rings. The Morgan fingerprint density at radius 1 is 1.22 bits per heavy atom. The van der Waals surface area contributed by atoms with Crippen LogP contribution in [0.5, 0.6) is 0 Å². The van der Waals surface area contributed by atoms with Gasteiger partial charge in [-0.1, -0.05) is 30.3 Å². The minimum absolute atomic E-state index is 0.117. The highest BCUT2D eigenvalue weighted by molar-refractivity contribution is 5.49. The van der Waals surface area contributed by atoms with Crippen LogP contribution in [0.2, 0.25) is 0 Å². The normalized spacial score (nSPS) is 19.6. The van der Waals surface area contributed by atoms with E-state index in [2.05, 4.69) is 29.2 Å². The van der Waals surface area contributed by atoms with Crippen LogP contribution in [0, 0.1) is 0 Å². The predicted octanol–water partition coefficient (Wildman–Crippen LogP) is 1.96. The van der Waals surface area contributed by atoms with Crippen molar-refractivity contribution in [2.24, 2.45) is 5.73 Å². The number of hydrogen-bond acceptors (Lipinski definition) is 3. The standard InChI is InChI=1S/C15H22N2O/c16-15(7-4-12-18)8-10-17(11-9-15)13-14-5-2-1-3-6-14/h1-3,5-6,12H,4,7-11,13,16H2. The van der Waals surface area contributed by atoms with Crippen LogP contribution in [0.3, 0.4) is 0 Å². The van der Waals surface area contributed by atoms with Gasteiger partial charge in [0.05, 0.1) is 0 Å². The molecule has 0 saturated carbocycles. The minimum Gasteiger partial charge on any atom is -0.325 e. The van der Waals surface area contributed by atoms with Crippen LogP contribution in [0.25, 0.3) is 0 Å². The zero-order valence-electron chi connectivity index (χ0n) is 10.8. The van der Waals surface area contributed by atoms with Gasteiger partial charge in [0.2, 0.25) is 0 Å². The van der Waals surface area contributed by atoms with Crippen molar-refractivity contribution < 1.29 is 4.79 Å². The summed E-state index contributed by atoms with van der Waals surface area (Å²) in [6, 6.07) is 10.5. The number of carbonyl (C=O) groups excluding carboxylic acids is 1. The smallest absolute Gasteiger partial charge is 0.120 e. The lowest BCUT2D eigenvalue weighted by molar-refractivity contribution is -0.108. The Hall–Kier alpha value is -1.19. The molecular formula is C15H22N2O. The summed E-state index contributed by atoms with van der Waals surface area (Å²) in [5, 5.41) is 0. The second kappa shape index (κ2) is 6.12. The molecule has 0 unspecified atom stereocenters. The summed E-state index contributed by atoms with van der Waals surface area (Å²) < 4.78 is 0. The second-order valence-electron chi connectivity index (χ2n) is 5.33. The summed E-state index contributed by atoms with van der Waals surface area (Å²) in [6.45, 7) is 3.07. The van der Waals surface area contributed by atoms with E-state index in [1.165, 1.54) is 5.56 Å². The van der Waals surface area contributed by atoms with E-state index in [1.54, 1.807) is 0 Å². The first-order valence-electron chi connectivity index (χ1n) is 6.71. The van der Waals surface area contributed by atoms with Crippen molar-refractivity contribution in [3.8, 4) is 0 Å². The highest BCUT2D eigenvalue weighted by Gasteiger charge is 2.29. The van der Waals surface area contributed by atoms with Crippen LogP contribution in [-0.4, -0.2) is 29.8 Å². The summed E-state index contributed by atoms with van der Waals surface area (Å²) >= 11 is 0. The van der Waals surface area contributed by atoms with E-state index < -0.39 is 0 Å². The molecular weight excluding hydrogens is 224 g/mol. The summed E-state index contributed by atoms with van der Waals surface area (Å²) in [7, 11) is 0. The minimum atomic E-state index is -0.117. The molecule has 3 nitrogen and oxygen atoms in total. The molecule has 0 atom stereocenters. The van der Waals surface area contributed by atoms with Crippen LogP contribution >= 0.6 is 0 Å². The van der Waals surface area contributed by atoms with Crippen molar-refractivity contribution in [1.29, 1.82) is 0 Å². The maximum absolute atomic E-state index is 10.4. The summed E-state index contributed by atoms with van der Waals surface area (Å²) in [6.07, 6.45) is 4.39. The molecule has 0 aromatic heterocycles. The lowest BCUT2D eigenvalue weighted by atomic mass is 9.84. The summed E-state index contributed by atoms with van der Waals surface area (Å²) in [5.41, 5.74) is 7.55. The van der Waals surface area contributed by atoms with Crippen LogP contribution in [-0.2, 0) is 11.3 Å². The van der Waals surface area contributed by atoms with E-state index in [0.29, 0.717) is 6.42 Å². The molecule has 1 aromatic carbocycles. The number of rotatable bonds is 5. The van der Waals surface area contributed by atoms with Gasteiger partial charge in [0, 0.05) is 31.6 Å². The average Bonchev–Trinajstić information content (AvgIpc) is 2.41. The molecule has 1 aromatic rings. The van der Waals surface area contributed by atoms with E-state index >= 15 is 0 Å². The molecule has 0 radical (unpaired) electrons. The lowest BCUT2D eigenvalue weighted by Crippen LogP contribution is -2.50. The third-order valence-corrected chi connectivity index (χ3v) is 3.86. The van der Waals surface area contributed by atoms with Crippen molar-refractivity contribution in [3.05, 3.63) is 35.9 Å². The Bertz CT molecular complexity index is 369. The second-order valence-corrected chi connectivity index (χ2v) is 5.33. The van der Waals surface area contributed by atoms with Gasteiger partial charge < -0.3 is 10.5 Å². The molecule has 98 valence electrons. The van der Waals surface area contributed by atoms with Crippen molar-refractivity contribution in [2.75, 3.05) is 13.1 Å². The number of nitrogens with zero attached hydrogens (tertiary/aromatic N) is 1. The fourth-order valence-electron chi connectivity index (χ4n) is 2.59. The fourth-order valence-corrected chi connectivity index (χ4v) is 2.59. The highest BCUT2D eigenvalue weighted by Crippen LogP contribution is 2.24. The van der Waals surface area contributed by atoms with Gasteiger partial charge in [0.1, 0.15) is 6.29 Å². The molecule has 18 heavy (non-hydrogen) atoms. The molecule has 0 amide bonds. The Morgan fingerprint density at radius 2 is 1.89 bits per heavy atom. The average molecular weight is 246 g/mol. The van der Waals surface area contributed by atoms with Crippen molar-refractivity contribution in [2.45, 2.75) is 37.8 Å². The van der Waals surface area contributed by atoms with Crippen molar-refractivity contribution in [3.63, 3.8) is 0 Å². The molecule has 2 N–H and O–H groups in total. The molecule has 3 heteroatoms. The van der Waals surface area contributed by atoms with E-state index in [1.807, 2.05) is 6.07 Å². The Labute approximate surface area is 109 Å². The molecule has 0 spiro atoms. The van der Waals surface area contributed by atoms with E-state index in [-0.39, 0.29) is 5.54 Å². The van der Waals surface area contributed by atoms with Gasteiger partial charge in [0.25, 0.3) is 0 Å². The molecule has 1 heterocycles. The lowest BCUT2D eigenvalue weighted by Gasteiger charge is -2.39. The van der Waals surface area contributed by atoms with Crippen LogP contribution < -0.4 is 5.73 Å². The zero-order valence-corrected chi connectivity index (χ0v) is 10.8. The molecule has 0 bridgehead atoms. The highest BCUT2D eigenvalue weighted by atomic mass is 16.1. The van der Waals surface area contributed by atoms with Crippen molar-refractivity contribution >= 4 is 6.29 Å². The number of piperidine rings is 1. The topological polar surface area (TPSA) is 46.3 Å². The van der Waals surface area contributed by atoms with Gasteiger partial charge in [-0.15, -0.1) is 0 Å². The van der Waals surface area contributed by atoms with Gasteiger partial charge in [-0.3, -0.25) is 4.90 Å². The number of nitrogens with two attached hydrogens (primary N) is 1. The van der Waals surface area contributed by atoms with Gasteiger partial charge in [-0.2, -0.15) is 0 Å². The van der Waals surface area contributed by atoms with Gasteiger partial charge >= 0.3 is 0 Å². The third-order valence-electron chi connectivity index (χ3n) is 3.86. The Morgan fingerprint density at radius 3 is 2.50 bits per heavy atom. The van der Waals surface area contributed by atoms with E-state index in [9.17, 15) is 4.79 Å². The first-order chi connectivity index (χ1) is 8.72. The largest absolute Gasteiger partial charge is 0.325 e. The molecule has 2 rings (SSSR count). The first-order valence-corrected chi connectivity index (χ1v) is 6.71. The van der Waals surface area contributed by atoms with E-state index in [0.717, 1.165) is 45.2 Å². The molecule has 1 saturated heterocycles. The van der Waals surface area contributed by atoms with Gasteiger partial charge in [-0.05, 0) is 24.8 Å². The number of likely N-dealkylation sites (tertiary alicyclic amines) is 1. The van der Waals surface area contributed by atoms with Crippen LogP contribution in [0.15, 0.2) is 30.3 Å². The molecule has 0 aliphatic carbocycles. The monoisotopic (exact) mass is 246 g/mol. The van der Waals surface area contributed by atoms with Crippen molar-refractivity contribution in [1.82, 2.24) is 4.90 Å². The van der Waals surface area contributed by atoms with Gasteiger partial charge in [-0.25, -0.2) is 0 Å². The Balaban J connectivity index is 1.81. The fraction of sp³-hybridized carbons (Fsp3) is 0.533. The van der Waals surface area contributed by atoms with Crippen LogP contribution in [0.4, 0.5) is 0 Å². The number of hydrogen-bond donors (Lipinski definition) is 1. The number of benzene rings is 1. The molecule has 1 aliphatic heterocycles.